The molecule has 3 aliphatic rings. The molecular formula is C28H38O2. The van der Waals surface area contributed by atoms with Gasteiger partial charge in [0.05, 0.1) is 6.10 Å². The van der Waals surface area contributed by atoms with Crippen molar-refractivity contribution in [2.45, 2.75) is 77.7 Å². The number of phenols is 1. The van der Waals surface area contributed by atoms with E-state index in [-0.39, 0.29) is 6.10 Å². The molecule has 0 aliphatic heterocycles. The number of allylic oxidation sites excluding steroid dienone is 4. The van der Waals surface area contributed by atoms with E-state index in [1.54, 1.807) is 5.57 Å². The summed E-state index contributed by atoms with van der Waals surface area (Å²) >= 11 is 0. The number of phenolic OH excluding ortho intramolecular Hbond substituents is 1. The molecule has 0 saturated heterocycles. The first-order valence-electron chi connectivity index (χ1n) is 11.9. The number of hydrogen-bond donors (Lipinski definition) is 2. The van der Waals surface area contributed by atoms with E-state index in [9.17, 15) is 10.2 Å². The van der Waals surface area contributed by atoms with Gasteiger partial charge in [-0.2, -0.15) is 0 Å². The average molecular weight is 407 g/mol. The number of hydrogen-bond acceptors (Lipinski definition) is 2. The Bertz CT molecular complexity index is 831. The van der Waals surface area contributed by atoms with Crippen LogP contribution in [0.3, 0.4) is 0 Å². The number of rotatable bonds is 4. The van der Waals surface area contributed by atoms with Gasteiger partial charge in [-0.3, -0.25) is 0 Å². The number of benzene rings is 1. The molecule has 2 nitrogen and oxygen atoms in total. The van der Waals surface area contributed by atoms with Gasteiger partial charge in [0.1, 0.15) is 5.75 Å². The molecule has 3 fully saturated rings. The lowest BCUT2D eigenvalue weighted by molar-refractivity contribution is 0.0975. The second-order valence-corrected chi connectivity index (χ2v) is 10.4. The highest BCUT2D eigenvalue weighted by atomic mass is 16.3. The average Bonchev–Trinajstić information content (AvgIpc) is 3.08. The second kappa shape index (κ2) is 8.75. The minimum absolute atomic E-state index is 0.201. The van der Waals surface area contributed by atoms with E-state index in [0.717, 1.165) is 31.6 Å². The van der Waals surface area contributed by atoms with Crippen molar-refractivity contribution in [1.82, 2.24) is 0 Å². The molecule has 1 aromatic carbocycles. The van der Waals surface area contributed by atoms with E-state index in [2.05, 4.69) is 44.7 Å². The van der Waals surface area contributed by atoms with Crippen LogP contribution in [0.5, 0.6) is 5.75 Å². The third kappa shape index (κ3) is 4.30. The summed E-state index contributed by atoms with van der Waals surface area (Å²) in [5.74, 6) is 2.44. The molecule has 4 rings (SSSR count). The number of aromatic hydroxyl groups is 1. The van der Waals surface area contributed by atoms with Crippen molar-refractivity contribution in [3.8, 4) is 5.75 Å². The molecule has 0 radical (unpaired) electrons. The predicted molar refractivity (Wildman–Crippen MR) is 124 cm³/mol. The van der Waals surface area contributed by atoms with Gasteiger partial charge in [0.2, 0.25) is 0 Å². The molecule has 5 atom stereocenters. The van der Waals surface area contributed by atoms with Crippen LogP contribution >= 0.6 is 0 Å². The third-order valence-corrected chi connectivity index (χ3v) is 8.41. The van der Waals surface area contributed by atoms with E-state index in [1.807, 2.05) is 12.1 Å². The number of aliphatic hydroxyl groups excluding tert-OH is 1. The third-order valence-electron chi connectivity index (χ3n) is 8.41. The quantitative estimate of drug-likeness (QED) is 0.581. The van der Waals surface area contributed by atoms with Gasteiger partial charge in [0.25, 0.3) is 0 Å². The fraction of sp³-hybridized carbons (Fsp3) is 0.571. The Morgan fingerprint density at radius 2 is 1.90 bits per heavy atom. The zero-order valence-electron chi connectivity index (χ0n) is 18.7. The van der Waals surface area contributed by atoms with Crippen LogP contribution in [-0.2, 0) is 6.42 Å². The number of aliphatic hydroxyl groups is 1. The molecule has 0 aromatic heterocycles. The molecule has 30 heavy (non-hydrogen) atoms. The summed E-state index contributed by atoms with van der Waals surface area (Å²) in [6.07, 6.45) is 14.6. The smallest absolute Gasteiger partial charge is 0.115 e. The summed E-state index contributed by atoms with van der Waals surface area (Å²) in [6, 6.07) is 7.77. The van der Waals surface area contributed by atoms with Crippen LogP contribution in [0.25, 0.3) is 0 Å². The lowest BCUT2D eigenvalue weighted by atomic mass is 9.60. The predicted octanol–water partition coefficient (Wildman–Crippen LogP) is 6.74. The van der Waals surface area contributed by atoms with E-state index in [4.69, 9.17) is 0 Å². The van der Waals surface area contributed by atoms with Crippen LogP contribution < -0.4 is 0 Å². The first-order valence-corrected chi connectivity index (χ1v) is 11.9. The molecular weight excluding hydrogens is 368 g/mol. The van der Waals surface area contributed by atoms with E-state index < -0.39 is 0 Å². The summed E-state index contributed by atoms with van der Waals surface area (Å²) in [7, 11) is 0. The summed E-state index contributed by atoms with van der Waals surface area (Å²) < 4.78 is 0. The van der Waals surface area contributed by atoms with Gasteiger partial charge in [0, 0.05) is 0 Å². The maximum atomic E-state index is 10.0. The van der Waals surface area contributed by atoms with Crippen LogP contribution in [0.4, 0.5) is 0 Å². The summed E-state index contributed by atoms with van der Waals surface area (Å²) in [4.78, 5) is 0. The van der Waals surface area contributed by atoms with Gasteiger partial charge in [-0.15, -0.1) is 0 Å². The SMILES string of the molecule is C=C1CC[C@H](O)C/C1=C\C=C1/CCC[C@@]2(C)C1CC[C@@H]2[C@H](C)Cc1ccc(O)cc1. The van der Waals surface area contributed by atoms with E-state index >= 15 is 0 Å². The topological polar surface area (TPSA) is 40.5 Å². The van der Waals surface area contributed by atoms with Crippen LogP contribution in [0.15, 0.2) is 59.7 Å². The van der Waals surface area contributed by atoms with Gasteiger partial charge in [-0.25, -0.2) is 0 Å². The van der Waals surface area contributed by atoms with Crippen molar-refractivity contribution in [1.29, 1.82) is 0 Å². The molecule has 0 heterocycles. The van der Waals surface area contributed by atoms with Crippen molar-refractivity contribution >= 4 is 0 Å². The first-order chi connectivity index (χ1) is 14.4. The Balaban J connectivity index is 1.50. The van der Waals surface area contributed by atoms with Gasteiger partial charge >= 0.3 is 0 Å². The molecule has 3 saturated carbocycles. The van der Waals surface area contributed by atoms with Crippen LogP contribution in [0.1, 0.15) is 70.8 Å². The van der Waals surface area contributed by atoms with Crippen LogP contribution in [-0.4, -0.2) is 16.3 Å². The van der Waals surface area contributed by atoms with Gasteiger partial charge < -0.3 is 10.2 Å². The normalized spacial score (nSPS) is 35.6. The standard InChI is InChI=1S/C28H38O2/c1-19-6-11-25(30)18-23(19)10-9-22-5-4-16-28(3)26(14-15-27(22)28)20(2)17-21-7-12-24(29)13-8-21/h7-10,12-13,20,25-27,29-30H,1,4-6,11,14-18H2,2-3H3/b22-9+,23-10+/t20-,25+,26-,27?,28-/m1/s1. The summed E-state index contributed by atoms with van der Waals surface area (Å²) in [5, 5.41) is 19.6. The number of fused-ring (bicyclic) bond motifs is 1. The molecule has 0 amide bonds. The fourth-order valence-electron chi connectivity index (χ4n) is 6.76. The minimum atomic E-state index is -0.201. The molecule has 1 unspecified atom stereocenters. The molecule has 162 valence electrons. The summed E-state index contributed by atoms with van der Waals surface area (Å²) in [6.45, 7) is 9.21. The monoisotopic (exact) mass is 406 g/mol. The molecule has 2 heteroatoms. The van der Waals surface area contributed by atoms with Crippen molar-refractivity contribution < 1.29 is 10.2 Å². The van der Waals surface area contributed by atoms with Crippen LogP contribution in [0.2, 0.25) is 0 Å². The van der Waals surface area contributed by atoms with Crippen molar-refractivity contribution in [3.63, 3.8) is 0 Å². The maximum absolute atomic E-state index is 10.0. The second-order valence-electron chi connectivity index (χ2n) is 10.4. The van der Waals surface area contributed by atoms with Crippen molar-refractivity contribution in [3.05, 3.63) is 65.3 Å². The maximum Gasteiger partial charge on any atom is 0.115 e. The summed E-state index contributed by atoms with van der Waals surface area (Å²) in [5.41, 5.74) is 5.81. The van der Waals surface area contributed by atoms with Crippen LogP contribution in [0, 0.1) is 23.2 Å². The molecule has 1 aromatic rings. The zero-order valence-corrected chi connectivity index (χ0v) is 18.7. The Morgan fingerprint density at radius 1 is 1.13 bits per heavy atom. The van der Waals surface area contributed by atoms with Crippen molar-refractivity contribution in [2.24, 2.45) is 23.2 Å². The Morgan fingerprint density at radius 3 is 2.67 bits per heavy atom. The highest BCUT2D eigenvalue weighted by molar-refractivity contribution is 5.36. The van der Waals surface area contributed by atoms with Gasteiger partial charge in [-0.05, 0) is 104 Å². The lowest BCUT2D eigenvalue weighted by Gasteiger charge is -2.44. The zero-order chi connectivity index (χ0) is 21.3. The molecule has 3 aliphatic carbocycles. The highest BCUT2D eigenvalue weighted by Gasteiger charge is 2.50. The molecule has 0 spiro atoms. The fourth-order valence-corrected chi connectivity index (χ4v) is 6.76. The molecule has 0 bridgehead atoms. The van der Waals surface area contributed by atoms with E-state index in [0.29, 0.717) is 23.0 Å². The van der Waals surface area contributed by atoms with Crippen molar-refractivity contribution in [2.75, 3.05) is 0 Å². The Kier molecular flexibility index (Phi) is 6.25. The minimum Gasteiger partial charge on any atom is -0.508 e. The lowest BCUT2D eigenvalue weighted by Crippen LogP contribution is -2.36. The van der Waals surface area contributed by atoms with Gasteiger partial charge in [0.15, 0.2) is 0 Å². The Labute approximate surface area is 182 Å². The van der Waals surface area contributed by atoms with E-state index in [1.165, 1.54) is 48.8 Å². The Hall–Kier alpha value is -1.80. The first kappa shape index (κ1) is 21.4. The highest BCUT2D eigenvalue weighted by Crippen LogP contribution is 2.59. The van der Waals surface area contributed by atoms with Gasteiger partial charge in [-0.1, -0.05) is 55.9 Å². The molecule has 2 N–H and O–H groups in total. The largest absolute Gasteiger partial charge is 0.508 e.